The molecule has 0 saturated carbocycles. The molecular weight excluding hydrogens is 324 g/mol. The summed E-state index contributed by atoms with van der Waals surface area (Å²) in [4.78, 5) is 11.9. The average molecular weight is 342 g/mol. The molecule has 0 heterocycles. The van der Waals surface area contributed by atoms with Crippen LogP contribution in [-0.4, -0.2) is 21.4 Å². The molecule has 3 rings (SSSR count). The van der Waals surface area contributed by atoms with Crippen molar-refractivity contribution in [3.8, 4) is 0 Å². The number of carbonyl (C=O) groups is 1. The van der Waals surface area contributed by atoms with Gasteiger partial charge < -0.3 is 5.32 Å². The van der Waals surface area contributed by atoms with Gasteiger partial charge in [0.25, 0.3) is 15.9 Å². The number of amides is 1. The molecule has 24 heavy (non-hydrogen) atoms. The normalized spacial score (nSPS) is 13.6. The molecule has 0 spiro atoms. The molecule has 5 nitrogen and oxygen atoms in total. The fourth-order valence-corrected chi connectivity index (χ4v) is 3.90. The van der Waals surface area contributed by atoms with E-state index in [4.69, 9.17) is 0 Å². The van der Waals surface area contributed by atoms with Gasteiger partial charge in [-0.2, -0.15) is 0 Å². The zero-order chi connectivity index (χ0) is 17.2. The van der Waals surface area contributed by atoms with E-state index in [0.717, 1.165) is 11.1 Å². The lowest BCUT2D eigenvalue weighted by molar-refractivity contribution is 0.0963. The van der Waals surface area contributed by atoms with Crippen molar-refractivity contribution >= 4 is 27.7 Å². The SMILES string of the molecule is CNC(=O)c1ccc(NS(=O)(=O)C2=Cc3ccccc3CC2)cc1. The first-order valence-corrected chi connectivity index (χ1v) is 9.11. The van der Waals surface area contributed by atoms with Gasteiger partial charge in [-0.1, -0.05) is 24.3 Å². The number of sulfonamides is 1. The van der Waals surface area contributed by atoms with Crippen LogP contribution in [0, 0.1) is 0 Å². The molecule has 0 aliphatic heterocycles. The number of hydrogen-bond acceptors (Lipinski definition) is 3. The Balaban J connectivity index is 1.82. The van der Waals surface area contributed by atoms with Crippen LogP contribution in [0.2, 0.25) is 0 Å². The molecule has 0 saturated heterocycles. The molecule has 6 heteroatoms. The van der Waals surface area contributed by atoms with Gasteiger partial charge in [-0.15, -0.1) is 0 Å². The number of nitrogens with one attached hydrogen (secondary N) is 2. The first kappa shape index (κ1) is 16.3. The number of hydrogen-bond donors (Lipinski definition) is 2. The lowest BCUT2D eigenvalue weighted by atomic mass is 9.98. The van der Waals surface area contributed by atoms with E-state index >= 15 is 0 Å². The van der Waals surface area contributed by atoms with Gasteiger partial charge in [0.05, 0.1) is 4.91 Å². The third-order valence-electron chi connectivity index (χ3n) is 3.98. The van der Waals surface area contributed by atoms with Gasteiger partial charge >= 0.3 is 0 Å². The minimum atomic E-state index is -3.61. The maximum Gasteiger partial charge on any atom is 0.258 e. The van der Waals surface area contributed by atoms with Crippen molar-refractivity contribution in [2.45, 2.75) is 12.8 Å². The first-order valence-electron chi connectivity index (χ1n) is 7.63. The molecule has 1 amide bonds. The first-order chi connectivity index (χ1) is 11.5. The minimum Gasteiger partial charge on any atom is -0.355 e. The smallest absolute Gasteiger partial charge is 0.258 e. The molecule has 0 unspecified atom stereocenters. The molecule has 2 aromatic rings. The molecule has 2 N–H and O–H groups in total. The van der Waals surface area contributed by atoms with Gasteiger partial charge in [0.15, 0.2) is 0 Å². The molecule has 1 aliphatic rings. The Morgan fingerprint density at radius 3 is 2.42 bits per heavy atom. The topological polar surface area (TPSA) is 75.3 Å². The molecule has 0 bridgehead atoms. The van der Waals surface area contributed by atoms with Gasteiger partial charge in [-0.05, 0) is 54.3 Å². The maximum atomic E-state index is 12.6. The van der Waals surface area contributed by atoms with Crippen LogP contribution in [0.25, 0.3) is 6.08 Å². The number of aryl methyl sites for hydroxylation is 1. The second-order valence-electron chi connectivity index (χ2n) is 5.57. The summed E-state index contributed by atoms with van der Waals surface area (Å²) in [5.74, 6) is -0.212. The van der Waals surface area contributed by atoms with E-state index in [0.29, 0.717) is 29.0 Å². The third kappa shape index (κ3) is 3.33. The summed E-state index contributed by atoms with van der Waals surface area (Å²) in [6.45, 7) is 0. The molecular formula is C18H18N2O3S. The predicted molar refractivity (Wildman–Crippen MR) is 95.1 cm³/mol. The summed E-state index contributed by atoms with van der Waals surface area (Å²) < 4.78 is 27.7. The average Bonchev–Trinajstić information content (AvgIpc) is 2.61. The van der Waals surface area contributed by atoms with E-state index in [1.807, 2.05) is 24.3 Å². The van der Waals surface area contributed by atoms with Crippen LogP contribution < -0.4 is 10.0 Å². The Kier molecular flexibility index (Phi) is 4.40. The highest BCUT2D eigenvalue weighted by molar-refractivity contribution is 7.96. The van der Waals surface area contributed by atoms with Gasteiger partial charge in [0.2, 0.25) is 0 Å². The van der Waals surface area contributed by atoms with Crippen molar-refractivity contribution in [1.29, 1.82) is 0 Å². The van der Waals surface area contributed by atoms with E-state index in [-0.39, 0.29) is 5.91 Å². The predicted octanol–water partition coefficient (Wildman–Crippen LogP) is 2.78. The molecule has 124 valence electrons. The van der Waals surface area contributed by atoms with E-state index in [1.54, 1.807) is 37.4 Å². The Hall–Kier alpha value is -2.60. The molecule has 1 aliphatic carbocycles. The fourth-order valence-electron chi connectivity index (χ4n) is 2.67. The van der Waals surface area contributed by atoms with Crippen LogP contribution in [0.3, 0.4) is 0 Å². The number of carbonyl (C=O) groups excluding carboxylic acids is 1. The maximum absolute atomic E-state index is 12.6. The molecule has 0 fully saturated rings. The highest BCUT2D eigenvalue weighted by Gasteiger charge is 2.21. The molecule has 2 aromatic carbocycles. The van der Waals surface area contributed by atoms with Crippen LogP contribution in [0.15, 0.2) is 53.4 Å². The number of allylic oxidation sites excluding steroid dienone is 1. The highest BCUT2D eigenvalue weighted by Crippen LogP contribution is 2.28. The Bertz CT molecular complexity index is 900. The monoisotopic (exact) mass is 342 g/mol. The lowest BCUT2D eigenvalue weighted by Gasteiger charge is -2.17. The van der Waals surface area contributed by atoms with Crippen LogP contribution in [-0.2, 0) is 16.4 Å². The molecule has 0 atom stereocenters. The van der Waals surface area contributed by atoms with E-state index < -0.39 is 10.0 Å². The summed E-state index contributed by atoms with van der Waals surface area (Å²) in [6.07, 6.45) is 2.90. The third-order valence-corrected chi connectivity index (χ3v) is 5.50. The van der Waals surface area contributed by atoms with Crippen LogP contribution in [0.4, 0.5) is 5.69 Å². The van der Waals surface area contributed by atoms with Crippen molar-refractivity contribution in [3.05, 3.63) is 70.1 Å². The van der Waals surface area contributed by atoms with Crippen LogP contribution in [0.5, 0.6) is 0 Å². The quantitative estimate of drug-likeness (QED) is 0.897. The largest absolute Gasteiger partial charge is 0.355 e. The van der Waals surface area contributed by atoms with E-state index in [9.17, 15) is 13.2 Å². The van der Waals surface area contributed by atoms with Gasteiger partial charge in [-0.3, -0.25) is 9.52 Å². The van der Waals surface area contributed by atoms with E-state index in [2.05, 4.69) is 10.0 Å². The summed E-state index contributed by atoms with van der Waals surface area (Å²) in [5.41, 5.74) is 3.01. The zero-order valence-corrected chi connectivity index (χ0v) is 14.1. The standard InChI is InChI=1S/C18H18N2O3S/c1-19-18(21)14-6-9-16(10-7-14)20-24(22,23)17-11-8-13-4-2-3-5-15(13)12-17/h2-7,9-10,12,20H,8,11H2,1H3,(H,19,21). The Morgan fingerprint density at radius 2 is 1.71 bits per heavy atom. The summed E-state index contributed by atoms with van der Waals surface area (Å²) in [6, 6.07) is 14.1. The van der Waals surface area contributed by atoms with Crippen LogP contribution >= 0.6 is 0 Å². The summed E-state index contributed by atoms with van der Waals surface area (Å²) >= 11 is 0. The summed E-state index contributed by atoms with van der Waals surface area (Å²) in [7, 11) is -2.06. The molecule has 0 aromatic heterocycles. The second-order valence-corrected chi connectivity index (χ2v) is 7.31. The van der Waals surface area contributed by atoms with Crippen molar-refractivity contribution in [2.75, 3.05) is 11.8 Å². The lowest BCUT2D eigenvalue weighted by Crippen LogP contribution is -2.19. The number of anilines is 1. The fraction of sp³-hybridized carbons (Fsp3) is 0.167. The highest BCUT2D eigenvalue weighted by atomic mass is 32.2. The van der Waals surface area contributed by atoms with E-state index in [1.165, 1.54) is 0 Å². The van der Waals surface area contributed by atoms with Crippen molar-refractivity contribution in [1.82, 2.24) is 5.32 Å². The van der Waals surface area contributed by atoms with Gasteiger partial charge in [-0.25, -0.2) is 8.42 Å². The Morgan fingerprint density at radius 1 is 1.00 bits per heavy atom. The van der Waals surface area contributed by atoms with Gasteiger partial charge in [0, 0.05) is 18.3 Å². The number of benzene rings is 2. The molecule has 0 radical (unpaired) electrons. The van der Waals surface area contributed by atoms with Crippen molar-refractivity contribution in [2.24, 2.45) is 0 Å². The van der Waals surface area contributed by atoms with Gasteiger partial charge in [0.1, 0.15) is 0 Å². The Labute approximate surface area is 141 Å². The van der Waals surface area contributed by atoms with Crippen molar-refractivity contribution in [3.63, 3.8) is 0 Å². The summed E-state index contributed by atoms with van der Waals surface area (Å²) in [5, 5.41) is 2.52. The number of fused-ring (bicyclic) bond motifs is 1. The van der Waals surface area contributed by atoms with Crippen molar-refractivity contribution < 1.29 is 13.2 Å². The van der Waals surface area contributed by atoms with Crippen LogP contribution in [0.1, 0.15) is 27.9 Å². The zero-order valence-electron chi connectivity index (χ0n) is 13.2. The minimum absolute atomic E-state index is 0.212. The second kappa shape index (κ2) is 6.49. The number of rotatable bonds is 4.